The molecule has 0 aromatic carbocycles. The standard InChI is InChI=1S/C9H19NO/c1-9(2,3)6-8-7-10-4-5-11-8/h8,10H,4-7H2,1-3H3. The Balaban J connectivity index is 2.24. The molecule has 1 heterocycles. The molecule has 0 spiro atoms. The van der Waals surface area contributed by atoms with E-state index in [2.05, 4.69) is 26.1 Å². The van der Waals surface area contributed by atoms with E-state index >= 15 is 0 Å². The summed E-state index contributed by atoms with van der Waals surface area (Å²) in [4.78, 5) is 0. The van der Waals surface area contributed by atoms with Gasteiger partial charge in [-0.15, -0.1) is 0 Å². The van der Waals surface area contributed by atoms with Crippen molar-refractivity contribution in [3.8, 4) is 0 Å². The Bertz CT molecular complexity index is 111. The Kier molecular flexibility index (Phi) is 2.90. The lowest BCUT2D eigenvalue weighted by Crippen LogP contribution is -2.40. The van der Waals surface area contributed by atoms with Gasteiger partial charge in [-0.1, -0.05) is 20.8 Å². The third-order valence-electron chi connectivity index (χ3n) is 1.84. The van der Waals surface area contributed by atoms with Crippen LogP contribution in [0.2, 0.25) is 0 Å². The van der Waals surface area contributed by atoms with Crippen molar-refractivity contribution in [3.05, 3.63) is 0 Å². The Morgan fingerprint density at radius 3 is 2.64 bits per heavy atom. The molecular formula is C9H19NO. The van der Waals surface area contributed by atoms with E-state index < -0.39 is 0 Å². The van der Waals surface area contributed by atoms with E-state index in [0.717, 1.165) is 26.1 Å². The molecule has 0 aromatic heterocycles. The van der Waals surface area contributed by atoms with Crippen LogP contribution in [0, 0.1) is 5.41 Å². The van der Waals surface area contributed by atoms with E-state index in [4.69, 9.17) is 4.74 Å². The van der Waals surface area contributed by atoms with Gasteiger partial charge in [0, 0.05) is 13.1 Å². The van der Waals surface area contributed by atoms with Crippen LogP contribution in [0.25, 0.3) is 0 Å². The summed E-state index contributed by atoms with van der Waals surface area (Å²) in [5.41, 5.74) is 0.393. The minimum Gasteiger partial charge on any atom is -0.376 e. The first-order valence-corrected chi connectivity index (χ1v) is 4.40. The second-order valence-electron chi connectivity index (χ2n) is 4.46. The first-order chi connectivity index (χ1) is 5.08. The molecule has 1 N–H and O–H groups in total. The summed E-state index contributed by atoms with van der Waals surface area (Å²) in [6.45, 7) is 9.68. The van der Waals surface area contributed by atoms with Gasteiger partial charge >= 0.3 is 0 Å². The summed E-state index contributed by atoms with van der Waals surface area (Å²) < 4.78 is 5.59. The number of morpholine rings is 1. The molecule has 0 saturated carbocycles. The first-order valence-electron chi connectivity index (χ1n) is 4.40. The lowest BCUT2D eigenvalue weighted by molar-refractivity contribution is 0.00461. The molecule has 1 rings (SSSR count). The Labute approximate surface area is 69.3 Å². The SMILES string of the molecule is CC(C)(C)CC1CNCCO1. The molecule has 11 heavy (non-hydrogen) atoms. The monoisotopic (exact) mass is 157 g/mol. The van der Waals surface area contributed by atoms with Crippen LogP contribution in [0.5, 0.6) is 0 Å². The highest BCUT2D eigenvalue weighted by molar-refractivity contribution is 4.73. The van der Waals surface area contributed by atoms with Gasteiger partial charge in [-0.05, 0) is 11.8 Å². The molecule has 0 bridgehead atoms. The summed E-state index contributed by atoms with van der Waals surface area (Å²) in [6.07, 6.45) is 1.59. The zero-order valence-corrected chi connectivity index (χ0v) is 7.81. The first kappa shape index (κ1) is 9.01. The second-order valence-corrected chi connectivity index (χ2v) is 4.46. The summed E-state index contributed by atoms with van der Waals surface area (Å²) >= 11 is 0. The number of nitrogens with one attached hydrogen (secondary N) is 1. The van der Waals surface area contributed by atoms with Crippen LogP contribution in [0.1, 0.15) is 27.2 Å². The van der Waals surface area contributed by atoms with Gasteiger partial charge in [0.2, 0.25) is 0 Å². The molecule has 1 aliphatic rings. The lowest BCUT2D eigenvalue weighted by atomic mass is 9.89. The average molecular weight is 157 g/mol. The molecule has 1 saturated heterocycles. The highest BCUT2D eigenvalue weighted by Gasteiger charge is 2.20. The third kappa shape index (κ3) is 3.73. The molecule has 2 heteroatoms. The number of hydrogen-bond donors (Lipinski definition) is 1. The normalized spacial score (nSPS) is 27.0. The van der Waals surface area contributed by atoms with Crippen LogP contribution in [0.4, 0.5) is 0 Å². The molecule has 1 unspecified atom stereocenters. The Morgan fingerprint density at radius 1 is 1.45 bits per heavy atom. The van der Waals surface area contributed by atoms with Gasteiger partial charge in [-0.25, -0.2) is 0 Å². The van der Waals surface area contributed by atoms with Crippen molar-refractivity contribution in [2.24, 2.45) is 5.41 Å². The molecule has 0 radical (unpaired) electrons. The summed E-state index contributed by atoms with van der Waals surface area (Å²) in [5.74, 6) is 0. The van der Waals surface area contributed by atoms with Crippen LogP contribution in [-0.4, -0.2) is 25.8 Å². The van der Waals surface area contributed by atoms with Crippen molar-refractivity contribution >= 4 is 0 Å². The van der Waals surface area contributed by atoms with Crippen LogP contribution in [0.3, 0.4) is 0 Å². The Morgan fingerprint density at radius 2 is 2.18 bits per heavy atom. The fourth-order valence-corrected chi connectivity index (χ4v) is 1.43. The van der Waals surface area contributed by atoms with Crippen molar-refractivity contribution in [1.82, 2.24) is 5.32 Å². The predicted molar refractivity (Wildman–Crippen MR) is 46.7 cm³/mol. The van der Waals surface area contributed by atoms with E-state index in [1.165, 1.54) is 0 Å². The summed E-state index contributed by atoms with van der Waals surface area (Å²) in [7, 11) is 0. The molecular weight excluding hydrogens is 138 g/mol. The lowest BCUT2D eigenvalue weighted by Gasteiger charge is -2.29. The van der Waals surface area contributed by atoms with Gasteiger partial charge in [-0.3, -0.25) is 0 Å². The number of rotatable bonds is 1. The molecule has 2 nitrogen and oxygen atoms in total. The summed E-state index contributed by atoms with van der Waals surface area (Å²) in [6, 6.07) is 0. The molecule has 1 aliphatic heterocycles. The highest BCUT2D eigenvalue weighted by Crippen LogP contribution is 2.22. The molecule has 0 aliphatic carbocycles. The zero-order chi connectivity index (χ0) is 8.32. The van der Waals surface area contributed by atoms with Crippen LogP contribution >= 0.6 is 0 Å². The van der Waals surface area contributed by atoms with E-state index in [9.17, 15) is 0 Å². The van der Waals surface area contributed by atoms with Crippen molar-refractivity contribution in [1.29, 1.82) is 0 Å². The highest BCUT2D eigenvalue weighted by atomic mass is 16.5. The Hall–Kier alpha value is -0.0800. The van der Waals surface area contributed by atoms with Crippen molar-refractivity contribution < 1.29 is 4.74 Å². The third-order valence-corrected chi connectivity index (χ3v) is 1.84. The molecule has 0 amide bonds. The van der Waals surface area contributed by atoms with Crippen molar-refractivity contribution in [2.75, 3.05) is 19.7 Å². The smallest absolute Gasteiger partial charge is 0.0705 e. The largest absolute Gasteiger partial charge is 0.376 e. The minimum absolute atomic E-state index is 0.393. The van der Waals surface area contributed by atoms with Gasteiger partial charge in [0.25, 0.3) is 0 Å². The van der Waals surface area contributed by atoms with Gasteiger partial charge in [-0.2, -0.15) is 0 Å². The second kappa shape index (κ2) is 3.55. The van der Waals surface area contributed by atoms with Crippen LogP contribution < -0.4 is 5.32 Å². The van der Waals surface area contributed by atoms with Crippen LogP contribution in [-0.2, 0) is 4.74 Å². The summed E-state index contributed by atoms with van der Waals surface area (Å²) in [5, 5.41) is 3.33. The van der Waals surface area contributed by atoms with Crippen molar-refractivity contribution in [2.45, 2.75) is 33.3 Å². The maximum atomic E-state index is 5.59. The van der Waals surface area contributed by atoms with Gasteiger partial charge in [0.05, 0.1) is 12.7 Å². The maximum Gasteiger partial charge on any atom is 0.0705 e. The molecule has 0 aromatic rings. The maximum absolute atomic E-state index is 5.59. The van der Waals surface area contributed by atoms with Crippen LogP contribution in [0.15, 0.2) is 0 Å². The van der Waals surface area contributed by atoms with Gasteiger partial charge in [0.15, 0.2) is 0 Å². The fourth-order valence-electron chi connectivity index (χ4n) is 1.43. The van der Waals surface area contributed by atoms with Crippen molar-refractivity contribution in [3.63, 3.8) is 0 Å². The molecule has 1 fully saturated rings. The number of hydrogen-bond acceptors (Lipinski definition) is 2. The topological polar surface area (TPSA) is 21.3 Å². The van der Waals surface area contributed by atoms with E-state index in [0.29, 0.717) is 11.5 Å². The average Bonchev–Trinajstić information content (AvgIpc) is 1.85. The predicted octanol–water partition coefficient (Wildman–Crippen LogP) is 1.41. The molecule has 66 valence electrons. The van der Waals surface area contributed by atoms with E-state index in [-0.39, 0.29) is 0 Å². The van der Waals surface area contributed by atoms with Gasteiger partial charge in [0.1, 0.15) is 0 Å². The van der Waals surface area contributed by atoms with Gasteiger partial charge < -0.3 is 10.1 Å². The van der Waals surface area contributed by atoms with E-state index in [1.807, 2.05) is 0 Å². The zero-order valence-electron chi connectivity index (χ0n) is 7.81. The quantitative estimate of drug-likeness (QED) is 0.621. The van der Waals surface area contributed by atoms with E-state index in [1.54, 1.807) is 0 Å². The minimum atomic E-state index is 0.393. The fraction of sp³-hybridized carbons (Fsp3) is 1.00. The number of ether oxygens (including phenoxy) is 1. The molecule has 1 atom stereocenters.